The minimum Gasteiger partial charge on any atom is -0.496 e. The number of methoxy groups -OCH3 is 1. The number of aromatic nitrogens is 1. The summed E-state index contributed by atoms with van der Waals surface area (Å²) in [6, 6.07) is 10.8. The number of aromatic carboxylic acids is 1. The average Bonchev–Trinajstić information content (AvgIpc) is 2.57. The number of carboxylic acid groups (broad SMARTS) is 1. The van der Waals surface area contributed by atoms with Gasteiger partial charge in [-0.05, 0) is 43.7 Å². The van der Waals surface area contributed by atoms with Crippen molar-refractivity contribution in [1.29, 1.82) is 0 Å². The Balaban J connectivity index is 2.41. The molecule has 0 aliphatic rings. The lowest BCUT2D eigenvalue weighted by molar-refractivity contribution is 0.0699. The van der Waals surface area contributed by atoms with E-state index in [0.717, 1.165) is 16.7 Å². The van der Waals surface area contributed by atoms with Gasteiger partial charge >= 0.3 is 5.97 Å². The summed E-state index contributed by atoms with van der Waals surface area (Å²) in [5, 5.41) is 10.5. The van der Waals surface area contributed by atoms with Gasteiger partial charge in [-0.25, -0.2) is 9.78 Å². The van der Waals surface area contributed by atoms with Crippen molar-refractivity contribution in [2.24, 2.45) is 0 Å². The molecule has 0 unspecified atom stereocenters. The van der Waals surface area contributed by atoms with Crippen molar-refractivity contribution in [2.45, 2.75) is 13.8 Å². The van der Waals surface area contributed by atoms with Gasteiger partial charge < -0.3 is 9.84 Å². The monoisotopic (exact) mass is 341 g/mol. The average molecular weight is 342 g/mol. The first-order chi connectivity index (χ1) is 11.4. The highest BCUT2D eigenvalue weighted by atomic mass is 35.5. The third-order valence-electron chi connectivity index (χ3n) is 3.97. The van der Waals surface area contributed by atoms with Gasteiger partial charge in [-0.2, -0.15) is 0 Å². The molecule has 4 nitrogen and oxygen atoms in total. The van der Waals surface area contributed by atoms with Crippen LogP contribution in [0.25, 0.3) is 22.2 Å². The third-order valence-corrected chi connectivity index (χ3v) is 4.29. The number of ether oxygens (including phenoxy) is 1. The van der Waals surface area contributed by atoms with E-state index >= 15 is 0 Å². The standard InChI is InChI=1S/C19H16ClNO3/c1-10-4-7-16(24-3)12(8-10)15-9-13(19(22)23)17-14(20)6-5-11(2)18(17)21-15/h4-9H,1-3H3,(H,22,23). The number of benzene rings is 2. The lowest BCUT2D eigenvalue weighted by atomic mass is 10.0. The van der Waals surface area contributed by atoms with Gasteiger partial charge in [-0.15, -0.1) is 0 Å². The number of halogens is 1. The SMILES string of the molecule is COc1ccc(C)cc1-c1cc(C(=O)O)c2c(Cl)ccc(C)c2n1. The minimum absolute atomic E-state index is 0.132. The number of nitrogens with zero attached hydrogens (tertiary/aromatic N) is 1. The van der Waals surface area contributed by atoms with Gasteiger partial charge in [0.05, 0.1) is 28.9 Å². The zero-order valence-corrected chi connectivity index (χ0v) is 14.3. The van der Waals surface area contributed by atoms with Gasteiger partial charge in [-0.1, -0.05) is 29.3 Å². The molecule has 3 rings (SSSR count). The van der Waals surface area contributed by atoms with Gasteiger partial charge in [0.15, 0.2) is 0 Å². The van der Waals surface area contributed by atoms with Crippen molar-refractivity contribution >= 4 is 28.5 Å². The molecule has 0 saturated carbocycles. The second-order valence-electron chi connectivity index (χ2n) is 5.65. The van der Waals surface area contributed by atoms with E-state index in [0.29, 0.717) is 27.4 Å². The summed E-state index contributed by atoms with van der Waals surface area (Å²) in [5.41, 5.74) is 3.91. The smallest absolute Gasteiger partial charge is 0.336 e. The highest BCUT2D eigenvalue weighted by Crippen LogP contribution is 2.35. The number of carboxylic acids is 1. The van der Waals surface area contributed by atoms with Crippen LogP contribution in [0.4, 0.5) is 0 Å². The van der Waals surface area contributed by atoms with Crippen LogP contribution in [-0.2, 0) is 0 Å². The van der Waals surface area contributed by atoms with E-state index in [4.69, 9.17) is 16.3 Å². The zero-order chi connectivity index (χ0) is 17.4. The van der Waals surface area contributed by atoms with Gasteiger partial charge in [0.1, 0.15) is 5.75 Å². The first-order valence-corrected chi connectivity index (χ1v) is 7.78. The zero-order valence-electron chi connectivity index (χ0n) is 13.6. The first kappa shape index (κ1) is 16.3. The normalized spacial score (nSPS) is 10.8. The van der Waals surface area contributed by atoms with Crippen LogP contribution in [0.15, 0.2) is 36.4 Å². The predicted molar refractivity (Wildman–Crippen MR) is 95.2 cm³/mol. The number of hydrogen-bond acceptors (Lipinski definition) is 3. The molecular weight excluding hydrogens is 326 g/mol. The van der Waals surface area contributed by atoms with E-state index in [9.17, 15) is 9.90 Å². The van der Waals surface area contributed by atoms with Crippen molar-refractivity contribution < 1.29 is 14.6 Å². The Morgan fingerprint density at radius 1 is 1.17 bits per heavy atom. The summed E-state index contributed by atoms with van der Waals surface area (Å²) in [7, 11) is 1.58. The van der Waals surface area contributed by atoms with Gasteiger partial charge in [0, 0.05) is 10.9 Å². The highest BCUT2D eigenvalue weighted by molar-refractivity contribution is 6.36. The van der Waals surface area contributed by atoms with Gasteiger partial charge in [0.2, 0.25) is 0 Å². The van der Waals surface area contributed by atoms with Crippen molar-refractivity contribution in [3.8, 4) is 17.0 Å². The van der Waals surface area contributed by atoms with Crippen molar-refractivity contribution in [3.05, 3.63) is 58.1 Å². The quantitative estimate of drug-likeness (QED) is 0.737. The Kier molecular flexibility index (Phi) is 4.16. The largest absolute Gasteiger partial charge is 0.496 e. The van der Waals surface area contributed by atoms with E-state index in [1.807, 2.05) is 38.1 Å². The van der Waals surface area contributed by atoms with Crippen LogP contribution in [-0.4, -0.2) is 23.2 Å². The molecule has 5 heteroatoms. The summed E-state index contributed by atoms with van der Waals surface area (Å²) in [4.78, 5) is 16.4. The van der Waals surface area contributed by atoms with Crippen LogP contribution >= 0.6 is 11.6 Å². The molecule has 1 aromatic heterocycles. The summed E-state index contributed by atoms with van der Waals surface area (Å²) in [6.45, 7) is 3.85. The van der Waals surface area contributed by atoms with Crippen molar-refractivity contribution in [1.82, 2.24) is 4.98 Å². The fraction of sp³-hybridized carbons (Fsp3) is 0.158. The maximum absolute atomic E-state index is 11.8. The van der Waals surface area contributed by atoms with Crippen molar-refractivity contribution in [2.75, 3.05) is 7.11 Å². The molecule has 0 spiro atoms. The Labute approximate surface area is 144 Å². The fourth-order valence-electron chi connectivity index (χ4n) is 2.76. The molecule has 0 radical (unpaired) electrons. The molecule has 0 aliphatic carbocycles. The molecule has 0 aliphatic heterocycles. The van der Waals surface area contributed by atoms with Crippen LogP contribution in [0, 0.1) is 13.8 Å². The second-order valence-corrected chi connectivity index (χ2v) is 6.06. The highest BCUT2D eigenvalue weighted by Gasteiger charge is 2.18. The third kappa shape index (κ3) is 2.69. The molecule has 1 heterocycles. The maximum Gasteiger partial charge on any atom is 0.336 e. The van der Waals surface area contributed by atoms with Crippen LogP contribution in [0.1, 0.15) is 21.5 Å². The molecule has 24 heavy (non-hydrogen) atoms. The molecule has 0 bridgehead atoms. The Morgan fingerprint density at radius 3 is 2.58 bits per heavy atom. The topological polar surface area (TPSA) is 59.4 Å². The molecule has 0 fully saturated rings. The van der Waals surface area contributed by atoms with Crippen molar-refractivity contribution in [3.63, 3.8) is 0 Å². The van der Waals surface area contributed by atoms with Crippen LogP contribution in [0.2, 0.25) is 5.02 Å². The lowest BCUT2D eigenvalue weighted by Crippen LogP contribution is -2.02. The van der Waals surface area contributed by atoms with Crippen LogP contribution < -0.4 is 4.74 Å². The lowest BCUT2D eigenvalue weighted by Gasteiger charge is -2.13. The summed E-state index contributed by atoms with van der Waals surface area (Å²) in [6.07, 6.45) is 0. The number of fused-ring (bicyclic) bond motifs is 1. The van der Waals surface area contributed by atoms with Gasteiger partial charge in [-0.3, -0.25) is 0 Å². The van der Waals surface area contributed by atoms with E-state index in [2.05, 4.69) is 4.98 Å². The van der Waals surface area contributed by atoms with Crippen LogP contribution in [0.5, 0.6) is 5.75 Å². The summed E-state index contributed by atoms with van der Waals surface area (Å²) >= 11 is 6.23. The summed E-state index contributed by atoms with van der Waals surface area (Å²) in [5.74, 6) is -0.397. The first-order valence-electron chi connectivity index (χ1n) is 7.40. The van der Waals surface area contributed by atoms with E-state index in [1.54, 1.807) is 19.2 Å². The second kappa shape index (κ2) is 6.13. The Bertz CT molecular complexity index is 966. The Morgan fingerprint density at radius 2 is 1.92 bits per heavy atom. The molecule has 122 valence electrons. The fourth-order valence-corrected chi connectivity index (χ4v) is 3.02. The number of rotatable bonds is 3. The minimum atomic E-state index is -1.04. The number of aryl methyl sites for hydroxylation is 2. The molecule has 2 aromatic carbocycles. The number of hydrogen-bond donors (Lipinski definition) is 1. The molecule has 0 amide bonds. The van der Waals surface area contributed by atoms with E-state index in [-0.39, 0.29) is 5.56 Å². The molecule has 3 aromatic rings. The number of pyridine rings is 1. The molecule has 0 saturated heterocycles. The molecule has 1 N–H and O–H groups in total. The van der Waals surface area contributed by atoms with E-state index < -0.39 is 5.97 Å². The van der Waals surface area contributed by atoms with Gasteiger partial charge in [0.25, 0.3) is 0 Å². The van der Waals surface area contributed by atoms with E-state index in [1.165, 1.54) is 0 Å². The molecule has 0 atom stereocenters. The van der Waals surface area contributed by atoms with Crippen LogP contribution in [0.3, 0.4) is 0 Å². The summed E-state index contributed by atoms with van der Waals surface area (Å²) < 4.78 is 5.41. The number of carbonyl (C=O) groups is 1. The molecular formula is C19H16ClNO3. The Hall–Kier alpha value is -2.59. The maximum atomic E-state index is 11.8. The predicted octanol–water partition coefficient (Wildman–Crippen LogP) is 4.88.